The zero-order valence-electron chi connectivity index (χ0n) is 12.8. The Morgan fingerprint density at radius 1 is 1.10 bits per heavy atom. The highest BCUT2D eigenvalue weighted by atomic mass is 16.5. The predicted molar refractivity (Wildman–Crippen MR) is 80.0 cm³/mol. The minimum atomic E-state index is -0.636. The molecular formula is C17H26O3. The first-order valence-corrected chi connectivity index (χ1v) is 7.58. The monoisotopic (exact) mass is 278 g/mol. The van der Waals surface area contributed by atoms with Crippen LogP contribution in [0.15, 0.2) is 24.3 Å². The van der Waals surface area contributed by atoms with Gasteiger partial charge in [0.1, 0.15) is 11.9 Å². The van der Waals surface area contributed by atoms with E-state index in [1.807, 2.05) is 38.1 Å². The first-order chi connectivity index (χ1) is 9.59. The topological polar surface area (TPSA) is 38.7 Å². The molecule has 0 amide bonds. The Kier molecular flexibility index (Phi) is 5.06. The smallest absolute Gasteiger partial charge is 0.125 e. The molecule has 3 nitrogen and oxygen atoms in total. The third-order valence-corrected chi connectivity index (χ3v) is 4.18. The van der Waals surface area contributed by atoms with Crippen LogP contribution < -0.4 is 4.74 Å². The molecule has 0 saturated heterocycles. The summed E-state index contributed by atoms with van der Waals surface area (Å²) in [4.78, 5) is 0. The van der Waals surface area contributed by atoms with Gasteiger partial charge in [-0.05, 0) is 32.8 Å². The van der Waals surface area contributed by atoms with Gasteiger partial charge >= 0.3 is 0 Å². The molecule has 1 aliphatic rings. The van der Waals surface area contributed by atoms with Crippen molar-refractivity contribution in [3.8, 4) is 5.75 Å². The van der Waals surface area contributed by atoms with Gasteiger partial charge in [-0.15, -0.1) is 0 Å². The lowest BCUT2D eigenvalue weighted by Crippen LogP contribution is -2.40. The predicted octanol–water partition coefficient (Wildman–Crippen LogP) is 3.86. The normalized spacial score (nSPS) is 19.9. The summed E-state index contributed by atoms with van der Waals surface area (Å²) in [7, 11) is 1.71. The molecule has 1 aromatic carbocycles. The fourth-order valence-electron chi connectivity index (χ4n) is 3.09. The summed E-state index contributed by atoms with van der Waals surface area (Å²) < 4.78 is 11.6. The second kappa shape index (κ2) is 6.59. The highest BCUT2D eigenvalue weighted by Gasteiger charge is 2.41. The third-order valence-electron chi connectivity index (χ3n) is 4.18. The molecule has 0 bridgehead atoms. The van der Waals surface area contributed by atoms with Crippen molar-refractivity contribution in [3.63, 3.8) is 0 Å². The van der Waals surface area contributed by atoms with E-state index in [0.29, 0.717) is 0 Å². The molecule has 112 valence electrons. The molecule has 2 rings (SSSR count). The number of rotatable bonds is 5. The van der Waals surface area contributed by atoms with Crippen molar-refractivity contribution in [3.05, 3.63) is 29.8 Å². The maximum Gasteiger partial charge on any atom is 0.125 e. The van der Waals surface area contributed by atoms with Gasteiger partial charge in [0.2, 0.25) is 0 Å². The van der Waals surface area contributed by atoms with Gasteiger partial charge < -0.3 is 14.6 Å². The van der Waals surface area contributed by atoms with E-state index in [9.17, 15) is 5.11 Å². The van der Waals surface area contributed by atoms with Crippen molar-refractivity contribution in [2.45, 2.75) is 63.8 Å². The quantitative estimate of drug-likeness (QED) is 0.889. The van der Waals surface area contributed by atoms with Crippen molar-refractivity contribution in [2.75, 3.05) is 7.11 Å². The molecule has 1 atom stereocenters. The standard InChI is InChI=1S/C17H26O3/c1-13(2)20-15-10-6-5-9-14(15)16(18)17(19-3)11-7-4-8-12-17/h5-6,9-10,13,16,18H,4,7-8,11-12H2,1-3H3. The Bertz CT molecular complexity index is 422. The average molecular weight is 278 g/mol. The molecular weight excluding hydrogens is 252 g/mol. The summed E-state index contributed by atoms with van der Waals surface area (Å²) in [5.74, 6) is 0.761. The van der Waals surface area contributed by atoms with Crippen molar-refractivity contribution >= 4 is 0 Å². The molecule has 20 heavy (non-hydrogen) atoms. The Balaban J connectivity index is 2.29. The van der Waals surface area contributed by atoms with Gasteiger partial charge in [-0.25, -0.2) is 0 Å². The number of aliphatic hydroxyl groups is 1. The van der Waals surface area contributed by atoms with Crippen molar-refractivity contribution in [1.29, 1.82) is 0 Å². The van der Waals surface area contributed by atoms with Crippen LogP contribution in [0.5, 0.6) is 5.75 Å². The number of hydrogen-bond donors (Lipinski definition) is 1. The first-order valence-electron chi connectivity index (χ1n) is 7.58. The number of para-hydroxylation sites is 1. The molecule has 0 radical (unpaired) electrons. The SMILES string of the molecule is COC1(C(O)c2ccccc2OC(C)C)CCCCC1. The van der Waals surface area contributed by atoms with Crippen LogP contribution in [0.25, 0.3) is 0 Å². The fraction of sp³-hybridized carbons (Fsp3) is 0.647. The minimum Gasteiger partial charge on any atom is -0.491 e. The maximum atomic E-state index is 10.9. The zero-order chi connectivity index (χ0) is 14.6. The maximum absolute atomic E-state index is 10.9. The summed E-state index contributed by atoms with van der Waals surface area (Å²) in [6, 6.07) is 7.74. The summed E-state index contributed by atoms with van der Waals surface area (Å²) in [6.07, 6.45) is 4.70. The van der Waals surface area contributed by atoms with Crippen molar-refractivity contribution < 1.29 is 14.6 Å². The van der Waals surface area contributed by atoms with E-state index in [4.69, 9.17) is 9.47 Å². The van der Waals surface area contributed by atoms with Gasteiger partial charge in [0.05, 0.1) is 11.7 Å². The molecule has 3 heteroatoms. The summed E-state index contributed by atoms with van der Waals surface area (Å²) in [5.41, 5.74) is 0.374. The second-order valence-corrected chi connectivity index (χ2v) is 5.94. The van der Waals surface area contributed by atoms with Gasteiger partial charge in [0, 0.05) is 12.7 Å². The summed E-state index contributed by atoms with van der Waals surface area (Å²) in [5, 5.41) is 10.9. The van der Waals surface area contributed by atoms with E-state index >= 15 is 0 Å². The Labute approximate surface area is 121 Å². The van der Waals surface area contributed by atoms with E-state index in [0.717, 1.165) is 37.0 Å². The van der Waals surface area contributed by atoms with Crippen LogP contribution in [0.1, 0.15) is 57.6 Å². The lowest BCUT2D eigenvalue weighted by molar-refractivity contribution is -0.126. The van der Waals surface area contributed by atoms with E-state index in [-0.39, 0.29) is 6.10 Å². The van der Waals surface area contributed by atoms with E-state index in [2.05, 4.69) is 0 Å². The van der Waals surface area contributed by atoms with Gasteiger partial charge in [0.25, 0.3) is 0 Å². The second-order valence-electron chi connectivity index (χ2n) is 5.94. The fourth-order valence-corrected chi connectivity index (χ4v) is 3.09. The highest BCUT2D eigenvalue weighted by Crippen LogP contribution is 2.43. The van der Waals surface area contributed by atoms with Gasteiger partial charge in [-0.1, -0.05) is 37.5 Å². The molecule has 1 N–H and O–H groups in total. The van der Waals surface area contributed by atoms with Gasteiger partial charge in [-0.3, -0.25) is 0 Å². The van der Waals surface area contributed by atoms with Crippen LogP contribution in [0.2, 0.25) is 0 Å². The van der Waals surface area contributed by atoms with Crippen LogP contribution in [0, 0.1) is 0 Å². The number of benzene rings is 1. The molecule has 0 aromatic heterocycles. The summed E-state index contributed by atoms with van der Waals surface area (Å²) >= 11 is 0. The molecule has 1 aliphatic carbocycles. The van der Waals surface area contributed by atoms with Crippen molar-refractivity contribution in [1.82, 2.24) is 0 Å². The molecule has 1 unspecified atom stereocenters. The van der Waals surface area contributed by atoms with E-state index in [1.54, 1.807) is 7.11 Å². The minimum absolute atomic E-state index is 0.0909. The van der Waals surface area contributed by atoms with Gasteiger partial charge in [-0.2, -0.15) is 0 Å². The molecule has 1 saturated carbocycles. The average Bonchev–Trinajstić information content (AvgIpc) is 2.47. The van der Waals surface area contributed by atoms with E-state index < -0.39 is 11.7 Å². The number of ether oxygens (including phenoxy) is 2. The lowest BCUT2D eigenvalue weighted by atomic mass is 9.78. The van der Waals surface area contributed by atoms with Crippen LogP contribution in [-0.2, 0) is 4.74 Å². The number of methoxy groups -OCH3 is 1. The Morgan fingerprint density at radius 2 is 1.75 bits per heavy atom. The molecule has 1 fully saturated rings. The van der Waals surface area contributed by atoms with Gasteiger partial charge in [0.15, 0.2) is 0 Å². The molecule has 0 spiro atoms. The zero-order valence-corrected chi connectivity index (χ0v) is 12.8. The summed E-state index contributed by atoms with van der Waals surface area (Å²) in [6.45, 7) is 3.99. The number of hydrogen-bond acceptors (Lipinski definition) is 3. The lowest BCUT2D eigenvalue weighted by Gasteiger charge is -2.40. The number of aliphatic hydroxyl groups excluding tert-OH is 1. The third kappa shape index (κ3) is 3.15. The van der Waals surface area contributed by atoms with Crippen LogP contribution in [-0.4, -0.2) is 23.9 Å². The molecule has 0 heterocycles. The highest BCUT2D eigenvalue weighted by molar-refractivity contribution is 5.37. The first kappa shape index (κ1) is 15.3. The molecule has 1 aromatic rings. The van der Waals surface area contributed by atoms with Crippen molar-refractivity contribution in [2.24, 2.45) is 0 Å². The van der Waals surface area contributed by atoms with E-state index in [1.165, 1.54) is 6.42 Å². The Hall–Kier alpha value is -1.06. The molecule has 0 aliphatic heterocycles. The van der Waals surface area contributed by atoms with Crippen LogP contribution in [0.4, 0.5) is 0 Å². The van der Waals surface area contributed by atoms with Crippen LogP contribution >= 0.6 is 0 Å². The van der Waals surface area contributed by atoms with Crippen LogP contribution in [0.3, 0.4) is 0 Å². The largest absolute Gasteiger partial charge is 0.491 e. The Morgan fingerprint density at radius 3 is 2.35 bits per heavy atom.